The standard InChI is InChI=1S/C25H27BrN4O2/c26-21-10-8-19(9-11-21)17-25(12-2-1-3-13-25)29-23(31)28-22-7-4-6-20(16-22)18-30-15-5-14-27-24(30)32/h4-11,14-16H,1-3,12-13,17-18H2,(H2,28,29,31). The summed E-state index contributed by atoms with van der Waals surface area (Å²) >= 11 is 3.49. The summed E-state index contributed by atoms with van der Waals surface area (Å²) in [5.74, 6) is 0. The van der Waals surface area contributed by atoms with Crippen molar-refractivity contribution in [1.29, 1.82) is 0 Å². The highest BCUT2D eigenvalue weighted by atomic mass is 79.9. The van der Waals surface area contributed by atoms with Crippen molar-refractivity contribution in [2.75, 3.05) is 5.32 Å². The zero-order valence-electron chi connectivity index (χ0n) is 17.9. The molecule has 2 amide bonds. The fourth-order valence-corrected chi connectivity index (χ4v) is 4.69. The molecule has 7 heteroatoms. The van der Waals surface area contributed by atoms with E-state index in [4.69, 9.17) is 0 Å². The van der Waals surface area contributed by atoms with Gasteiger partial charge in [-0.3, -0.25) is 4.57 Å². The van der Waals surface area contributed by atoms with Gasteiger partial charge in [0.05, 0.1) is 6.54 Å². The number of nitrogens with zero attached hydrogens (tertiary/aromatic N) is 2. The fourth-order valence-electron chi connectivity index (χ4n) is 4.42. The third kappa shape index (κ3) is 5.85. The monoisotopic (exact) mass is 494 g/mol. The molecule has 32 heavy (non-hydrogen) atoms. The molecule has 1 fully saturated rings. The number of aromatic nitrogens is 2. The first-order valence-electron chi connectivity index (χ1n) is 11.0. The fraction of sp³-hybridized carbons (Fsp3) is 0.320. The molecule has 0 saturated heterocycles. The number of nitrogens with one attached hydrogen (secondary N) is 2. The van der Waals surface area contributed by atoms with E-state index >= 15 is 0 Å². The number of carbonyl (C=O) groups is 1. The first-order valence-corrected chi connectivity index (χ1v) is 11.7. The zero-order chi connectivity index (χ0) is 22.4. The molecule has 1 heterocycles. The summed E-state index contributed by atoms with van der Waals surface area (Å²) in [6, 6.07) is 17.4. The quantitative estimate of drug-likeness (QED) is 0.499. The van der Waals surface area contributed by atoms with Crippen LogP contribution < -0.4 is 16.3 Å². The normalized spacial score (nSPS) is 15.2. The van der Waals surface area contributed by atoms with E-state index in [1.165, 1.54) is 22.7 Å². The van der Waals surface area contributed by atoms with Crippen LogP contribution in [-0.4, -0.2) is 21.1 Å². The third-order valence-electron chi connectivity index (χ3n) is 5.97. The minimum absolute atomic E-state index is 0.195. The molecule has 3 aromatic rings. The van der Waals surface area contributed by atoms with Gasteiger partial charge in [0.1, 0.15) is 0 Å². The summed E-state index contributed by atoms with van der Waals surface area (Å²) in [4.78, 5) is 28.6. The Balaban J connectivity index is 1.44. The summed E-state index contributed by atoms with van der Waals surface area (Å²) in [5, 5.41) is 6.28. The van der Waals surface area contributed by atoms with Crippen LogP contribution in [0.2, 0.25) is 0 Å². The number of hydrogen-bond acceptors (Lipinski definition) is 3. The van der Waals surface area contributed by atoms with Gasteiger partial charge in [0, 0.05) is 28.1 Å². The molecule has 166 valence electrons. The maximum Gasteiger partial charge on any atom is 0.347 e. The van der Waals surface area contributed by atoms with Gasteiger partial charge in [-0.2, -0.15) is 0 Å². The van der Waals surface area contributed by atoms with Crippen molar-refractivity contribution in [2.24, 2.45) is 0 Å². The maximum atomic E-state index is 13.0. The van der Waals surface area contributed by atoms with Gasteiger partial charge in [0.25, 0.3) is 0 Å². The van der Waals surface area contributed by atoms with E-state index < -0.39 is 0 Å². The van der Waals surface area contributed by atoms with Crippen molar-refractivity contribution in [3.8, 4) is 0 Å². The molecule has 0 atom stereocenters. The number of benzene rings is 2. The van der Waals surface area contributed by atoms with E-state index in [1.807, 2.05) is 36.4 Å². The Labute approximate surface area is 196 Å². The SMILES string of the molecule is O=C(Nc1cccc(Cn2cccnc2=O)c1)NC1(Cc2ccc(Br)cc2)CCCCC1. The Morgan fingerprint density at radius 2 is 1.81 bits per heavy atom. The lowest BCUT2D eigenvalue weighted by Gasteiger charge is -2.38. The number of hydrogen-bond donors (Lipinski definition) is 2. The summed E-state index contributed by atoms with van der Waals surface area (Å²) in [7, 11) is 0. The van der Waals surface area contributed by atoms with Gasteiger partial charge in [-0.25, -0.2) is 14.6 Å². The number of carbonyl (C=O) groups excluding carboxylic acids is 1. The number of halogens is 1. The Morgan fingerprint density at radius 3 is 2.56 bits per heavy atom. The largest absolute Gasteiger partial charge is 0.347 e. The molecule has 1 saturated carbocycles. The van der Waals surface area contributed by atoms with Crippen LogP contribution in [0.5, 0.6) is 0 Å². The Kier molecular flexibility index (Phi) is 7.05. The smallest absolute Gasteiger partial charge is 0.332 e. The molecular weight excluding hydrogens is 468 g/mol. The van der Waals surface area contributed by atoms with Crippen LogP contribution in [0.1, 0.15) is 43.2 Å². The van der Waals surface area contributed by atoms with Crippen LogP contribution in [0.15, 0.2) is 76.3 Å². The van der Waals surface area contributed by atoms with Crippen molar-refractivity contribution in [3.05, 3.63) is 93.1 Å². The van der Waals surface area contributed by atoms with Crippen LogP contribution in [0.3, 0.4) is 0 Å². The van der Waals surface area contributed by atoms with Crippen molar-refractivity contribution in [3.63, 3.8) is 0 Å². The second-order valence-corrected chi connectivity index (χ2v) is 9.37. The molecule has 0 spiro atoms. The topological polar surface area (TPSA) is 76.0 Å². The van der Waals surface area contributed by atoms with Gasteiger partial charge < -0.3 is 10.6 Å². The molecular formula is C25H27BrN4O2. The van der Waals surface area contributed by atoms with E-state index in [0.717, 1.165) is 42.1 Å². The lowest BCUT2D eigenvalue weighted by Crippen LogP contribution is -2.52. The van der Waals surface area contributed by atoms with Gasteiger partial charge in [0.15, 0.2) is 0 Å². The predicted molar refractivity (Wildman–Crippen MR) is 130 cm³/mol. The van der Waals surface area contributed by atoms with Crippen LogP contribution >= 0.6 is 15.9 Å². The van der Waals surface area contributed by atoms with Gasteiger partial charge in [-0.1, -0.05) is 59.5 Å². The van der Waals surface area contributed by atoms with E-state index in [9.17, 15) is 9.59 Å². The molecule has 0 aliphatic heterocycles. The number of anilines is 1. The molecule has 2 N–H and O–H groups in total. The van der Waals surface area contributed by atoms with Crippen molar-refractivity contribution in [2.45, 2.75) is 50.6 Å². The first-order chi connectivity index (χ1) is 15.5. The average Bonchev–Trinajstić information content (AvgIpc) is 2.78. The molecule has 6 nitrogen and oxygen atoms in total. The molecule has 4 rings (SSSR count). The predicted octanol–water partition coefficient (Wildman–Crippen LogP) is 5.12. The Bertz CT molecular complexity index is 1120. The summed E-state index contributed by atoms with van der Waals surface area (Å²) in [5.41, 5.74) is 2.30. The second kappa shape index (κ2) is 10.1. The highest BCUT2D eigenvalue weighted by molar-refractivity contribution is 9.10. The average molecular weight is 495 g/mol. The van der Waals surface area contributed by atoms with Crippen LogP contribution in [-0.2, 0) is 13.0 Å². The van der Waals surface area contributed by atoms with Crippen LogP contribution in [0.25, 0.3) is 0 Å². The third-order valence-corrected chi connectivity index (χ3v) is 6.49. The number of urea groups is 1. The van der Waals surface area contributed by atoms with E-state index in [1.54, 1.807) is 12.3 Å². The summed E-state index contributed by atoms with van der Waals surface area (Å²) < 4.78 is 2.59. The number of rotatable bonds is 6. The van der Waals surface area contributed by atoms with Gasteiger partial charge in [0.2, 0.25) is 0 Å². The maximum absolute atomic E-state index is 13.0. The molecule has 0 bridgehead atoms. The molecule has 1 aliphatic rings. The van der Waals surface area contributed by atoms with Crippen LogP contribution in [0.4, 0.5) is 10.5 Å². The van der Waals surface area contributed by atoms with Gasteiger partial charge in [-0.15, -0.1) is 0 Å². The highest BCUT2D eigenvalue weighted by Crippen LogP contribution is 2.32. The van der Waals surface area contributed by atoms with Gasteiger partial charge >= 0.3 is 11.7 Å². The van der Waals surface area contributed by atoms with Crippen LogP contribution in [0, 0.1) is 0 Å². The zero-order valence-corrected chi connectivity index (χ0v) is 19.5. The second-order valence-electron chi connectivity index (χ2n) is 8.45. The Morgan fingerprint density at radius 1 is 1.03 bits per heavy atom. The van der Waals surface area contributed by atoms with Crippen molar-refractivity contribution >= 4 is 27.6 Å². The van der Waals surface area contributed by atoms with Gasteiger partial charge in [-0.05, 0) is 60.7 Å². The summed E-state index contributed by atoms with van der Waals surface area (Å²) in [6.07, 6.45) is 9.39. The molecule has 1 aromatic heterocycles. The highest BCUT2D eigenvalue weighted by Gasteiger charge is 2.33. The molecule has 2 aromatic carbocycles. The molecule has 0 unspecified atom stereocenters. The molecule has 1 aliphatic carbocycles. The van der Waals surface area contributed by atoms with E-state index in [-0.39, 0.29) is 17.3 Å². The number of amides is 2. The lowest BCUT2D eigenvalue weighted by atomic mass is 9.77. The summed E-state index contributed by atoms with van der Waals surface area (Å²) in [6.45, 7) is 0.400. The lowest BCUT2D eigenvalue weighted by molar-refractivity contribution is 0.211. The minimum Gasteiger partial charge on any atom is -0.332 e. The van der Waals surface area contributed by atoms with Crippen molar-refractivity contribution < 1.29 is 4.79 Å². The minimum atomic E-state index is -0.296. The Hall–Kier alpha value is -2.93. The molecule has 0 radical (unpaired) electrons. The van der Waals surface area contributed by atoms with E-state index in [0.29, 0.717) is 12.2 Å². The van der Waals surface area contributed by atoms with E-state index in [2.05, 4.69) is 43.7 Å². The first kappa shape index (κ1) is 22.3. The van der Waals surface area contributed by atoms with Crippen molar-refractivity contribution in [1.82, 2.24) is 14.9 Å².